The van der Waals surface area contributed by atoms with E-state index >= 15 is 0 Å². The van der Waals surface area contributed by atoms with Crippen LogP contribution in [0.2, 0.25) is 0 Å². The monoisotopic (exact) mass is 249 g/mol. The highest BCUT2D eigenvalue weighted by Gasteiger charge is 2.37. The van der Waals surface area contributed by atoms with Gasteiger partial charge >= 0.3 is 0 Å². The van der Waals surface area contributed by atoms with Crippen molar-refractivity contribution in [3.8, 4) is 0 Å². The van der Waals surface area contributed by atoms with Crippen molar-refractivity contribution in [3.63, 3.8) is 0 Å². The van der Waals surface area contributed by atoms with Crippen LogP contribution < -0.4 is 0 Å². The third kappa shape index (κ3) is 2.11. The number of rotatable bonds is 1. The maximum atomic E-state index is 12.1. The molecule has 1 aromatic rings. The van der Waals surface area contributed by atoms with E-state index in [-0.39, 0.29) is 11.7 Å². The van der Waals surface area contributed by atoms with Gasteiger partial charge in [-0.2, -0.15) is 5.21 Å². The van der Waals surface area contributed by atoms with E-state index in [1.807, 2.05) is 4.90 Å². The molecule has 1 spiro atoms. The van der Waals surface area contributed by atoms with E-state index in [1.54, 1.807) is 0 Å². The highest BCUT2D eigenvalue weighted by molar-refractivity contribution is 5.90. The summed E-state index contributed by atoms with van der Waals surface area (Å²) in [5.41, 5.74) is 0.520. The Hall–Kier alpha value is -1.46. The number of nitrogens with one attached hydrogen (secondary N) is 1. The first kappa shape index (κ1) is 11.6. The Morgan fingerprint density at radius 1 is 1.11 bits per heavy atom. The molecule has 0 radical (unpaired) electrons. The van der Waals surface area contributed by atoms with E-state index in [4.69, 9.17) is 0 Å². The van der Waals surface area contributed by atoms with Crippen LogP contribution in [-0.2, 0) is 0 Å². The van der Waals surface area contributed by atoms with Gasteiger partial charge in [0.05, 0.1) is 0 Å². The molecule has 0 unspecified atom stereocenters. The molecule has 1 aromatic heterocycles. The lowest BCUT2D eigenvalue weighted by molar-refractivity contribution is 0.0462. The van der Waals surface area contributed by atoms with Crippen LogP contribution in [0.5, 0.6) is 0 Å². The van der Waals surface area contributed by atoms with Crippen molar-refractivity contribution in [2.75, 3.05) is 13.1 Å². The Morgan fingerprint density at radius 3 is 2.44 bits per heavy atom. The van der Waals surface area contributed by atoms with Gasteiger partial charge in [-0.15, -0.1) is 10.2 Å². The predicted molar refractivity (Wildman–Crippen MR) is 64.8 cm³/mol. The summed E-state index contributed by atoms with van der Waals surface area (Å²) in [4.78, 5) is 13.9. The van der Waals surface area contributed by atoms with Gasteiger partial charge in [-0.05, 0) is 36.3 Å². The van der Waals surface area contributed by atoms with E-state index < -0.39 is 0 Å². The smallest absolute Gasteiger partial charge is 0.295 e. The zero-order valence-corrected chi connectivity index (χ0v) is 10.6. The van der Waals surface area contributed by atoms with Crippen molar-refractivity contribution >= 4 is 5.91 Å². The normalized spacial score (nSPS) is 23.2. The van der Waals surface area contributed by atoms with Gasteiger partial charge < -0.3 is 4.90 Å². The highest BCUT2D eigenvalue weighted by Crippen LogP contribution is 2.44. The number of aromatic nitrogens is 4. The second kappa shape index (κ2) is 4.66. The first-order chi connectivity index (χ1) is 8.79. The average Bonchev–Trinajstić information content (AvgIpc) is 2.94. The molecular weight excluding hydrogens is 230 g/mol. The lowest BCUT2D eigenvalue weighted by atomic mass is 9.68. The van der Waals surface area contributed by atoms with Crippen LogP contribution in [0.4, 0.5) is 0 Å². The molecule has 0 bridgehead atoms. The summed E-state index contributed by atoms with van der Waals surface area (Å²) in [5, 5.41) is 13.3. The molecule has 98 valence electrons. The molecule has 0 atom stereocenters. The number of tetrazole rings is 1. The largest absolute Gasteiger partial charge is 0.336 e. The molecule has 1 saturated carbocycles. The van der Waals surface area contributed by atoms with Crippen molar-refractivity contribution in [2.45, 2.75) is 44.9 Å². The van der Waals surface area contributed by atoms with Gasteiger partial charge in [0, 0.05) is 13.1 Å². The quantitative estimate of drug-likeness (QED) is 0.816. The second-order valence-electron chi connectivity index (χ2n) is 5.59. The summed E-state index contributed by atoms with van der Waals surface area (Å²) in [5.74, 6) is 0.101. The molecule has 1 aliphatic carbocycles. The molecule has 2 aliphatic rings. The van der Waals surface area contributed by atoms with Gasteiger partial charge in [-0.1, -0.05) is 19.3 Å². The van der Waals surface area contributed by atoms with Gasteiger partial charge in [-0.3, -0.25) is 4.79 Å². The summed E-state index contributed by atoms with van der Waals surface area (Å²) in [6, 6.07) is 0. The van der Waals surface area contributed by atoms with Gasteiger partial charge in [0.1, 0.15) is 0 Å². The van der Waals surface area contributed by atoms with Crippen LogP contribution in [-0.4, -0.2) is 44.5 Å². The maximum Gasteiger partial charge on any atom is 0.295 e. The maximum absolute atomic E-state index is 12.1. The van der Waals surface area contributed by atoms with E-state index in [1.165, 1.54) is 32.1 Å². The van der Waals surface area contributed by atoms with Crippen molar-refractivity contribution in [2.24, 2.45) is 5.41 Å². The van der Waals surface area contributed by atoms with E-state index in [0.717, 1.165) is 25.9 Å². The van der Waals surface area contributed by atoms with Crippen LogP contribution in [0.1, 0.15) is 55.6 Å². The summed E-state index contributed by atoms with van der Waals surface area (Å²) in [7, 11) is 0. The Kier molecular flexibility index (Phi) is 3.01. The molecule has 2 heterocycles. The Balaban J connectivity index is 1.61. The number of hydrogen-bond acceptors (Lipinski definition) is 4. The van der Waals surface area contributed by atoms with Gasteiger partial charge in [0.25, 0.3) is 11.7 Å². The minimum atomic E-state index is -0.0885. The summed E-state index contributed by atoms with van der Waals surface area (Å²) < 4.78 is 0. The molecule has 18 heavy (non-hydrogen) atoms. The molecule has 1 saturated heterocycles. The van der Waals surface area contributed by atoms with Gasteiger partial charge in [0.15, 0.2) is 0 Å². The molecule has 6 nitrogen and oxygen atoms in total. The Morgan fingerprint density at radius 2 is 1.83 bits per heavy atom. The van der Waals surface area contributed by atoms with Crippen molar-refractivity contribution < 1.29 is 4.79 Å². The zero-order chi connectivity index (χ0) is 12.4. The number of amides is 1. The van der Waals surface area contributed by atoms with Crippen LogP contribution in [0.3, 0.4) is 0 Å². The summed E-state index contributed by atoms with van der Waals surface area (Å²) in [6.07, 6.45) is 9.06. The number of piperidine rings is 1. The lowest BCUT2D eigenvalue weighted by Gasteiger charge is -2.44. The molecule has 1 amide bonds. The molecule has 1 aliphatic heterocycles. The predicted octanol–water partition coefficient (Wildman–Crippen LogP) is 1.39. The Bertz CT molecular complexity index is 400. The fourth-order valence-electron chi connectivity index (χ4n) is 3.38. The van der Waals surface area contributed by atoms with Crippen molar-refractivity contribution in [1.82, 2.24) is 25.5 Å². The summed E-state index contributed by atoms with van der Waals surface area (Å²) in [6.45, 7) is 1.68. The average molecular weight is 249 g/mol. The van der Waals surface area contributed by atoms with Crippen molar-refractivity contribution in [3.05, 3.63) is 5.82 Å². The minimum absolute atomic E-state index is 0.0885. The molecule has 1 N–H and O–H groups in total. The third-order valence-electron chi connectivity index (χ3n) is 4.56. The van der Waals surface area contributed by atoms with E-state index in [2.05, 4.69) is 20.6 Å². The number of aromatic amines is 1. The lowest BCUT2D eigenvalue weighted by Crippen LogP contribution is -2.44. The first-order valence-corrected chi connectivity index (χ1v) is 6.82. The van der Waals surface area contributed by atoms with Crippen LogP contribution in [0.25, 0.3) is 0 Å². The Labute approximate surface area is 106 Å². The van der Waals surface area contributed by atoms with Crippen LogP contribution in [0, 0.1) is 5.41 Å². The van der Waals surface area contributed by atoms with Crippen LogP contribution in [0.15, 0.2) is 0 Å². The highest BCUT2D eigenvalue weighted by atomic mass is 16.2. The number of likely N-dealkylation sites (tertiary alicyclic amines) is 1. The molecular formula is C12H19N5O. The SMILES string of the molecule is O=C(c1nn[nH]n1)N1CCC2(CCCCC2)CC1. The first-order valence-electron chi connectivity index (χ1n) is 6.82. The zero-order valence-electron chi connectivity index (χ0n) is 10.6. The summed E-state index contributed by atoms with van der Waals surface area (Å²) >= 11 is 0. The topological polar surface area (TPSA) is 74.8 Å². The third-order valence-corrected chi connectivity index (χ3v) is 4.56. The number of carbonyl (C=O) groups is 1. The molecule has 3 rings (SSSR count). The number of hydrogen-bond donors (Lipinski definition) is 1. The fourth-order valence-corrected chi connectivity index (χ4v) is 3.38. The van der Waals surface area contributed by atoms with E-state index in [9.17, 15) is 4.79 Å². The molecule has 0 aromatic carbocycles. The molecule has 6 heteroatoms. The number of carbonyl (C=O) groups excluding carboxylic acids is 1. The number of nitrogens with zero attached hydrogens (tertiary/aromatic N) is 4. The van der Waals surface area contributed by atoms with Crippen LogP contribution >= 0.6 is 0 Å². The van der Waals surface area contributed by atoms with Gasteiger partial charge in [0.2, 0.25) is 0 Å². The minimum Gasteiger partial charge on any atom is -0.336 e. The van der Waals surface area contributed by atoms with Crippen molar-refractivity contribution in [1.29, 1.82) is 0 Å². The fraction of sp³-hybridized carbons (Fsp3) is 0.833. The standard InChI is InChI=1S/C12H19N5O/c18-11(10-13-15-16-14-10)17-8-6-12(7-9-17)4-2-1-3-5-12/h1-9H2,(H,13,14,15,16). The number of H-pyrrole nitrogens is 1. The van der Waals surface area contributed by atoms with E-state index in [0.29, 0.717) is 5.41 Å². The molecule has 2 fully saturated rings. The second-order valence-corrected chi connectivity index (χ2v) is 5.59. The van der Waals surface area contributed by atoms with Gasteiger partial charge in [-0.25, -0.2) is 0 Å².